The van der Waals surface area contributed by atoms with Gasteiger partial charge in [-0.1, -0.05) is 24.4 Å². The highest BCUT2D eigenvalue weighted by Crippen LogP contribution is 2.33. The fraction of sp³-hybridized carbons (Fsp3) is 0.688. The average molecular weight is 294 g/mol. The SMILES string of the molecule is CC1CCNC2(CCCC2)CN1Cc1ccncc1Cl. The molecule has 2 fully saturated rings. The standard InChI is InChI=1S/C16H24ClN3/c1-13-4-9-19-16(6-2-3-7-16)12-20(13)11-14-5-8-18-10-15(14)17/h5,8,10,13,19H,2-4,6-7,9,11-12H2,1H3. The lowest BCUT2D eigenvalue weighted by Gasteiger charge is -2.35. The number of hydrogen-bond donors (Lipinski definition) is 1. The molecule has 2 heterocycles. The average Bonchev–Trinajstić information content (AvgIpc) is 2.82. The van der Waals surface area contributed by atoms with Gasteiger partial charge in [0, 0.05) is 37.1 Å². The van der Waals surface area contributed by atoms with Gasteiger partial charge in [0.05, 0.1) is 5.02 Å². The Morgan fingerprint density at radius 2 is 2.25 bits per heavy atom. The van der Waals surface area contributed by atoms with E-state index in [2.05, 4.69) is 28.2 Å². The largest absolute Gasteiger partial charge is 0.310 e. The molecule has 0 aromatic carbocycles. The van der Waals surface area contributed by atoms with Gasteiger partial charge in [-0.05, 0) is 44.4 Å². The predicted molar refractivity (Wildman–Crippen MR) is 82.9 cm³/mol. The van der Waals surface area contributed by atoms with Crippen molar-refractivity contribution in [3.8, 4) is 0 Å². The third-order valence-electron chi connectivity index (χ3n) is 4.98. The molecule has 0 bridgehead atoms. The van der Waals surface area contributed by atoms with E-state index in [1.165, 1.54) is 37.7 Å². The number of aromatic nitrogens is 1. The minimum Gasteiger partial charge on any atom is -0.310 e. The van der Waals surface area contributed by atoms with Crippen LogP contribution in [-0.2, 0) is 6.54 Å². The summed E-state index contributed by atoms with van der Waals surface area (Å²) >= 11 is 6.28. The van der Waals surface area contributed by atoms with Crippen molar-refractivity contribution in [1.29, 1.82) is 0 Å². The number of pyridine rings is 1. The van der Waals surface area contributed by atoms with Crippen molar-refractivity contribution < 1.29 is 0 Å². The van der Waals surface area contributed by atoms with Gasteiger partial charge in [0.1, 0.15) is 0 Å². The number of rotatable bonds is 2. The number of nitrogens with zero attached hydrogens (tertiary/aromatic N) is 2. The summed E-state index contributed by atoms with van der Waals surface area (Å²) in [6.07, 6.45) is 10.2. The van der Waals surface area contributed by atoms with Crippen molar-refractivity contribution in [2.24, 2.45) is 0 Å². The highest BCUT2D eigenvalue weighted by Gasteiger charge is 2.38. The highest BCUT2D eigenvalue weighted by molar-refractivity contribution is 6.31. The molecule has 1 aromatic rings. The normalized spacial score (nSPS) is 26.8. The molecular formula is C16H24ClN3. The third-order valence-corrected chi connectivity index (χ3v) is 5.32. The van der Waals surface area contributed by atoms with Crippen LogP contribution in [0, 0.1) is 0 Å². The van der Waals surface area contributed by atoms with Gasteiger partial charge in [-0.15, -0.1) is 0 Å². The number of hydrogen-bond acceptors (Lipinski definition) is 3. The molecule has 4 heteroatoms. The Bertz CT molecular complexity index is 457. The van der Waals surface area contributed by atoms with Gasteiger partial charge in [-0.25, -0.2) is 0 Å². The lowest BCUT2D eigenvalue weighted by Crippen LogP contribution is -2.50. The molecule has 1 saturated carbocycles. The molecule has 0 amide bonds. The smallest absolute Gasteiger partial charge is 0.0634 e. The van der Waals surface area contributed by atoms with Crippen molar-refractivity contribution in [2.75, 3.05) is 13.1 Å². The van der Waals surface area contributed by atoms with Gasteiger partial charge in [0.2, 0.25) is 0 Å². The van der Waals surface area contributed by atoms with E-state index >= 15 is 0 Å². The quantitative estimate of drug-likeness (QED) is 0.907. The molecule has 20 heavy (non-hydrogen) atoms. The van der Waals surface area contributed by atoms with E-state index in [-0.39, 0.29) is 0 Å². The Morgan fingerprint density at radius 1 is 1.45 bits per heavy atom. The summed E-state index contributed by atoms with van der Waals surface area (Å²) in [5, 5.41) is 4.62. The molecule has 1 aliphatic carbocycles. The van der Waals surface area contributed by atoms with Crippen LogP contribution in [0.2, 0.25) is 5.02 Å². The first-order chi connectivity index (χ1) is 9.69. The zero-order valence-electron chi connectivity index (χ0n) is 12.2. The molecule has 110 valence electrons. The highest BCUT2D eigenvalue weighted by atomic mass is 35.5. The molecule has 1 atom stereocenters. The molecule has 3 rings (SSSR count). The van der Waals surface area contributed by atoms with Gasteiger partial charge in [0.15, 0.2) is 0 Å². The summed E-state index contributed by atoms with van der Waals surface area (Å²) in [6, 6.07) is 2.65. The van der Waals surface area contributed by atoms with Gasteiger partial charge >= 0.3 is 0 Å². The first-order valence-electron chi connectivity index (χ1n) is 7.76. The van der Waals surface area contributed by atoms with E-state index in [4.69, 9.17) is 11.6 Å². The van der Waals surface area contributed by atoms with Gasteiger partial charge in [-0.3, -0.25) is 9.88 Å². The van der Waals surface area contributed by atoms with Crippen LogP contribution in [0.15, 0.2) is 18.5 Å². The Morgan fingerprint density at radius 3 is 3.00 bits per heavy atom. The second-order valence-electron chi connectivity index (χ2n) is 6.42. The van der Waals surface area contributed by atoms with Gasteiger partial charge in [0.25, 0.3) is 0 Å². The van der Waals surface area contributed by atoms with Crippen LogP contribution in [0.1, 0.15) is 44.6 Å². The topological polar surface area (TPSA) is 28.2 Å². The fourth-order valence-corrected chi connectivity index (χ4v) is 3.86. The van der Waals surface area contributed by atoms with Crippen molar-refractivity contribution in [1.82, 2.24) is 15.2 Å². The Kier molecular flexibility index (Phi) is 4.29. The zero-order chi connectivity index (χ0) is 14.0. The minimum atomic E-state index is 0.351. The molecule has 1 aliphatic heterocycles. The summed E-state index contributed by atoms with van der Waals surface area (Å²) in [6.45, 7) is 5.56. The Labute approximate surface area is 126 Å². The van der Waals surface area contributed by atoms with E-state index in [1.54, 1.807) is 6.20 Å². The Balaban J connectivity index is 1.77. The first kappa shape index (κ1) is 14.3. The van der Waals surface area contributed by atoms with E-state index in [1.807, 2.05) is 6.20 Å². The van der Waals surface area contributed by atoms with E-state index < -0.39 is 0 Å². The van der Waals surface area contributed by atoms with E-state index in [0.717, 1.165) is 24.7 Å². The van der Waals surface area contributed by atoms with Crippen LogP contribution in [0.5, 0.6) is 0 Å². The van der Waals surface area contributed by atoms with Crippen LogP contribution in [0.3, 0.4) is 0 Å². The molecule has 0 radical (unpaired) electrons. The summed E-state index contributed by atoms with van der Waals surface area (Å²) < 4.78 is 0. The maximum atomic E-state index is 6.28. The second-order valence-corrected chi connectivity index (χ2v) is 6.83. The van der Waals surface area contributed by atoms with Crippen LogP contribution in [0.4, 0.5) is 0 Å². The molecule has 1 spiro atoms. The molecule has 3 nitrogen and oxygen atoms in total. The van der Waals surface area contributed by atoms with E-state index in [9.17, 15) is 0 Å². The van der Waals surface area contributed by atoms with E-state index in [0.29, 0.717) is 11.6 Å². The van der Waals surface area contributed by atoms with Crippen LogP contribution >= 0.6 is 11.6 Å². The van der Waals surface area contributed by atoms with Crippen LogP contribution in [0.25, 0.3) is 0 Å². The molecule has 1 unspecified atom stereocenters. The predicted octanol–water partition coefficient (Wildman–Crippen LogP) is 3.23. The van der Waals surface area contributed by atoms with Crippen molar-refractivity contribution in [3.05, 3.63) is 29.0 Å². The maximum absolute atomic E-state index is 6.28. The monoisotopic (exact) mass is 293 g/mol. The Hall–Kier alpha value is -0.640. The van der Waals surface area contributed by atoms with Crippen molar-refractivity contribution in [3.63, 3.8) is 0 Å². The molecule has 1 saturated heterocycles. The second kappa shape index (κ2) is 6.00. The lowest BCUT2D eigenvalue weighted by molar-refractivity contribution is 0.160. The summed E-state index contributed by atoms with van der Waals surface area (Å²) in [5.41, 5.74) is 1.55. The summed E-state index contributed by atoms with van der Waals surface area (Å²) in [5.74, 6) is 0. The zero-order valence-corrected chi connectivity index (χ0v) is 13.0. The molecular weight excluding hydrogens is 270 g/mol. The maximum Gasteiger partial charge on any atom is 0.0634 e. The summed E-state index contributed by atoms with van der Waals surface area (Å²) in [7, 11) is 0. The summed E-state index contributed by atoms with van der Waals surface area (Å²) in [4.78, 5) is 6.69. The first-order valence-corrected chi connectivity index (χ1v) is 8.14. The molecule has 2 aliphatic rings. The minimum absolute atomic E-state index is 0.351. The van der Waals surface area contributed by atoms with Gasteiger partial charge < -0.3 is 5.32 Å². The van der Waals surface area contributed by atoms with Crippen LogP contribution < -0.4 is 5.32 Å². The fourth-order valence-electron chi connectivity index (χ4n) is 3.68. The lowest BCUT2D eigenvalue weighted by atomic mass is 9.97. The molecule has 1 aromatic heterocycles. The number of halogens is 1. The van der Waals surface area contributed by atoms with Crippen LogP contribution in [-0.4, -0.2) is 34.6 Å². The van der Waals surface area contributed by atoms with Crippen molar-refractivity contribution in [2.45, 2.75) is 57.2 Å². The van der Waals surface area contributed by atoms with Crippen molar-refractivity contribution >= 4 is 11.6 Å². The van der Waals surface area contributed by atoms with Gasteiger partial charge in [-0.2, -0.15) is 0 Å². The third kappa shape index (κ3) is 3.00. The number of nitrogens with one attached hydrogen (secondary N) is 1. The molecule has 1 N–H and O–H groups in total.